The van der Waals surface area contributed by atoms with Crippen LogP contribution in [-0.4, -0.2) is 12.5 Å². The highest BCUT2D eigenvalue weighted by Crippen LogP contribution is 2.69. The van der Waals surface area contributed by atoms with Gasteiger partial charge in [0.25, 0.3) is 0 Å². The van der Waals surface area contributed by atoms with Crippen LogP contribution in [0.1, 0.15) is 0 Å². The Balaban J connectivity index is 1.21. The van der Waals surface area contributed by atoms with Crippen LogP contribution in [0.5, 0.6) is 0 Å². The highest BCUT2D eigenvalue weighted by atomic mass is 32.3. The number of nitrogens with zero attached hydrogens (tertiary/aromatic N) is 1. The molecule has 3 heteroatoms. The smallest absolute Gasteiger partial charge is 0.144 e. The van der Waals surface area contributed by atoms with Crippen LogP contribution in [0.4, 0.5) is 17.1 Å². The topological polar surface area (TPSA) is 16.4 Å². The van der Waals surface area contributed by atoms with Gasteiger partial charge in [0, 0.05) is 43.1 Å². The highest BCUT2D eigenvalue weighted by molar-refractivity contribution is 8.33. The van der Waals surface area contributed by atoms with E-state index in [1.807, 2.05) is 0 Å². The van der Waals surface area contributed by atoms with Crippen LogP contribution < -0.4 is 4.90 Å². The molecule has 0 saturated carbocycles. The SMILES string of the molecule is CS1(C)c2cc(N(c3cccc(-c4ccccc4)c3)c3ccccc3-c3cccc4ccccc34)ccc2-c2c1ccc1c2oc2ccccc21. The van der Waals surface area contributed by atoms with Crippen molar-refractivity contribution in [2.45, 2.75) is 9.79 Å². The molecule has 2 heterocycles. The normalized spacial score (nSPS) is 13.7. The van der Waals surface area contributed by atoms with Crippen LogP contribution in [-0.2, 0) is 0 Å². The van der Waals surface area contributed by atoms with E-state index in [1.54, 1.807) is 0 Å². The molecule has 1 aliphatic heterocycles. The lowest BCUT2D eigenvalue weighted by Crippen LogP contribution is -2.12. The maximum Gasteiger partial charge on any atom is 0.144 e. The van der Waals surface area contributed by atoms with Crippen LogP contribution in [0, 0.1) is 0 Å². The van der Waals surface area contributed by atoms with E-state index in [2.05, 4.69) is 193 Å². The lowest BCUT2D eigenvalue weighted by molar-refractivity contribution is 0.669. The van der Waals surface area contributed by atoms with E-state index in [0.717, 1.165) is 28.2 Å². The molecule has 51 heavy (non-hydrogen) atoms. The van der Waals surface area contributed by atoms with Crippen LogP contribution in [0.2, 0.25) is 0 Å². The molecule has 2 nitrogen and oxygen atoms in total. The van der Waals surface area contributed by atoms with E-state index < -0.39 is 10.0 Å². The zero-order chi connectivity index (χ0) is 34.1. The molecule has 244 valence electrons. The van der Waals surface area contributed by atoms with Crippen molar-refractivity contribution in [2.24, 2.45) is 0 Å². The van der Waals surface area contributed by atoms with Gasteiger partial charge in [0.1, 0.15) is 11.2 Å². The molecule has 0 fully saturated rings. The van der Waals surface area contributed by atoms with Crippen LogP contribution in [0.15, 0.2) is 190 Å². The second-order valence-corrected chi connectivity index (χ2v) is 17.2. The van der Waals surface area contributed by atoms with Crippen LogP contribution in [0.25, 0.3) is 66.1 Å². The van der Waals surface area contributed by atoms with E-state index in [4.69, 9.17) is 4.42 Å². The fraction of sp³-hybridized carbons (Fsp3) is 0.0417. The Bertz CT molecular complexity index is 2790. The third kappa shape index (κ3) is 4.66. The molecule has 0 spiro atoms. The lowest BCUT2D eigenvalue weighted by atomic mass is 9.95. The molecule has 0 radical (unpaired) electrons. The summed E-state index contributed by atoms with van der Waals surface area (Å²) in [5.41, 5.74) is 12.7. The molecule has 0 aliphatic carbocycles. The maximum absolute atomic E-state index is 6.62. The fourth-order valence-corrected chi connectivity index (χ4v) is 10.6. The standard InChI is InChI=1S/C48H35NOS/c1-51(2)45-29-28-41-40-22-9-11-25-44(40)50-48(41)47(45)42-27-26-36(31-46(42)51)49(35-19-12-18-34(30-35)32-14-4-3-5-15-32)43-24-10-8-21-39(43)38-23-13-17-33-16-6-7-20-37(33)38/h3-31H,1-2H3. The predicted molar refractivity (Wildman–Crippen MR) is 218 cm³/mol. The second kappa shape index (κ2) is 11.5. The van der Waals surface area contributed by atoms with Gasteiger partial charge < -0.3 is 9.32 Å². The number of fused-ring (bicyclic) bond motifs is 8. The highest BCUT2D eigenvalue weighted by Gasteiger charge is 2.35. The van der Waals surface area contributed by atoms with Gasteiger partial charge >= 0.3 is 0 Å². The summed E-state index contributed by atoms with van der Waals surface area (Å²) in [6.07, 6.45) is 4.86. The van der Waals surface area contributed by atoms with Crippen molar-refractivity contribution < 1.29 is 4.42 Å². The molecule has 9 aromatic rings. The molecular weight excluding hydrogens is 639 g/mol. The summed E-state index contributed by atoms with van der Waals surface area (Å²) in [7, 11) is -1.34. The quantitative estimate of drug-likeness (QED) is 0.181. The number of rotatable bonds is 5. The van der Waals surface area contributed by atoms with Gasteiger partial charge in [-0.25, -0.2) is 0 Å². The molecule has 0 amide bonds. The monoisotopic (exact) mass is 673 g/mol. The van der Waals surface area contributed by atoms with Gasteiger partial charge in [-0.05, 0) is 94.1 Å². The molecule has 0 atom stereocenters. The van der Waals surface area contributed by atoms with Crippen LogP contribution >= 0.6 is 10.0 Å². The summed E-state index contributed by atoms with van der Waals surface area (Å²) in [6, 6.07) is 63.9. The average Bonchev–Trinajstić information content (AvgIpc) is 3.67. The van der Waals surface area contributed by atoms with E-state index in [0.29, 0.717) is 0 Å². The number of hydrogen-bond acceptors (Lipinski definition) is 2. The first-order valence-electron chi connectivity index (χ1n) is 17.4. The van der Waals surface area contributed by atoms with Gasteiger partial charge in [-0.3, -0.25) is 0 Å². The first kappa shape index (κ1) is 29.8. The van der Waals surface area contributed by atoms with Gasteiger partial charge in [-0.2, -0.15) is 10.0 Å². The van der Waals surface area contributed by atoms with Crippen molar-refractivity contribution in [2.75, 3.05) is 17.4 Å². The van der Waals surface area contributed by atoms with Crippen molar-refractivity contribution >= 4 is 59.8 Å². The molecule has 0 bridgehead atoms. The molecule has 8 aromatic carbocycles. The molecular formula is C48H35NOS. The Kier molecular flexibility index (Phi) is 6.74. The fourth-order valence-electron chi connectivity index (χ4n) is 8.09. The third-order valence-electron chi connectivity index (χ3n) is 10.5. The largest absolute Gasteiger partial charge is 0.455 e. The summed E-state index contributed by atoms with van der Waals surface area (Å²) >= 11 is 0. The average molecular weight is 674 g/mol. The zero-order valence-corrected chi connectivity index (χ0v) is 29.3. The van der Waals surface area contributed by atoms with Gasteiger partial charge in [0.2, 0.25) is 0 Å². The summed E-state index contributed by atoms with van der Waals surface area (Å²) in [5.74, 6) is 0. The van der Waals surface area contributed by atoms with E-state index in [1.165, 1.54) is 64.7 Å². The third-order valence-corrected chi connectivity index (χ3v) is 13.4. The number of para-hydroxylation sites is 2. The number of anilines is 3. The first-order valence-corrected chi connectivity index (χ1v) is 19.9. The number of benzene rings is 8. The van der Waals surface area contributed by atoms with Gasteiger partial charge in [-0.1, -0.05) is 127 Å². The Morgan fingerprint density at radius 3 is 2.04 bits per heavy atom. The predicted octanol–water partition coefficient (Wildman–Crippen LogP) is 14.0. The summed E-state index contributed by atoms with van der Waals surface area (Å²) in [4.78, 5) is 5.23. The molecule has 10 rings (SSSR count). The molecule has 0 unspecified atom stereocenters. The summed E-state index contributed by atoms with van der Waals surface area (Å²) in [6.45, 7) is 0. The molecule has 1 aromatic heterocycles. The Morgan fingerprint density at radius 2 is 1.14 bits per heavy atom. The van der Waals surface area contributed by atoms with Crippen molar-refractivity contribution in [3.05, 3.63) is 176 Å². The molecule has 1 aliphatic rings. The van der Waals surface area contributed by atoms with E-state index >= 15 is 0 Å². The van der Waals surface area contributed by atoms with E-state index in [9.17, 15) is 0 Å². The summed E-state index contributed by atoms with van der Waals surface area (Å²) in [5, 5.41) is 4.83. The molecule has 0 saturated heterocycles. The van der Waals surface area contributed by atoms with Crippen LogP contribution in [0.3, 0.4) is 0 Å². The van der Waals surface area contributed by atoms with Crippen molar-refractivity contribution in [1.82, 2.24) is 0 Å². The Hall–Kier alpha value is -6.03. The second-order valence-electron chi connectivity index (χ2n) is 13.7. The number of furan rings is 1. The summed E-state index contributed by atoms with van der Waals surface area (Å²) < 4.78 is 6.62. The maximum atomic E-state index is 6.62. The Labute approximate surface area is 299 Å². The van der Waals surface area contributed by atoms with E-state index in [-0.39, 0.29) is 0 Å². The zero-order valence-electron chi connectivity index (χ0n) is 28.5. The van der Waals surface area contributed by atoms with Gasteiger partial charge in [-0.15, -0.1) is 0 Å². The molecule has 0 N–H and O–H groups in total. The minimum Gasteiger partial charge on any atom is -0.455 e. The number of hydrogen-bond donors (Lipinski definition) is 0. The van der Waals surface area contributed by atoms with Crippen molar-refractivity contribution in [1.29, 1.82) is 0 Å². The lowest BCUT2D eigenvalue weighted by Gasteiger charge is -2.32. The van der Waals surface area contributed by atoms with Crippen molar-refractivity contribution in [3.8, 4) is 33.4 Å². The Morgan fingerprint density at radius 1 is 0.451 bits per heavy atom. The van der Waals surface area contributed by atoms with Gasteiger partial charge in [0.15, 0.2) is 0 Å². The van der Waals surface area contributed by atoms with Crippen molar-refractivity contribution in [3.63, 3.8) is 0 Å². The minimum absolute atomic E-state index is 0.938. The minimum atomic E-state index is -1.34. The van der Waals surface area contributed by atoms with Gasteiger partial charge in [0.05, 0.1) is 5.69 Å². The first-order chi connectivity index (χ1) is 25.1.